The van der Waals surface area contributed by atoms with Gasteiger partial charge in [0, 0.05) is 29.8 Å². The van der Waals surface area contributed by atoms with E-state index in [4.69, 9.17) is 4.74 Å². The van der Waals surface area contributed by atoms with E-state index in [9.17, 15) is 18.4 Å². The second-order valence-corrected chi connectivity index (χ2v) is 8.06. The van der Waals surface area contributed by atoms with Crippen molar-refractivity contribution in [1.82, 2.24) is 19.5 Å². The van der Waals surface area contributed by atoms with E-state index in [2.05, 4.69) is 20.3 Å². The van der Waals surface area contributed by atoms with Gasteiger partial charge in [0.15, 0.2) is 5.65 Å². The molecular weight excluding hydrogens is 396 g/mol. The summed E-state index contributed by atoms with van der Waals surface area (Å²) < 4.78 is 32.7. The summed E-state index contributed by atoms with van der Waals surface area (Å²) in [6.07, 6.45) is 3.34. The van der Waals surface area contributed by atoms with Crippen molar-refractivity contribution in [2.24, 2.45) is 5.92 Å². The van der Waals surface area contributed by atoms with Crippen LogP contribution in [0.3, 0.4) is 0 Å². The monoisotopic (exact) mass is 415 g/mol. The molecule has 1 aliphatic rings. The molecule has 0 saturated heterocycles. The Morgan fingerprint density at radius 3 is 2.53 bits per heavy atom. The van der Waals surface area contributed by atoms with Gasteiger partial charge >= 0.3 is 6.09 Å². The maximum Gasteiger partial charge on any atom is 0.420 e. The molecule has 4 rings (SSSR count). The first-order valence-corrected chi connectivity index (χ1v) is 9.26. The zero-order valence-electron chi connectivity index (χ0n) is 16.5. The Morgan fingerprint density at radius 2 is 1.93 bits per heavy atom. The van der Waals surface area contributed by atoms with E-state index in [1.807, 2.05) is 0 Å². The number of fused-ring (bicyclic) bond motifs is 1. The molecule has 1 N–H and O–H groups in total. The van der Waals surface area contributed by atoms with E-state index in [0.717, 1.165) is 0 Å². The first-order valence-electron chi connectivity index (χ1n) is 9.26. The third kappa shape index (κ3) is 3.85. The van der Waals surface area contributed by atoms with Crippen LogP contribution < -0.4 is 5.32 Å². The fourth-order valence-electron chi connectivity index (χ4n) is 2.96. The van der Waals surface area contributed by atoms with Gasteiger partial charge in [0.2, 0.25) is 5.91 Å². The number of amides is 1. The lowest BCUT2D eigenvalue weighted by molar-refractivity contribution is -0.119. The molecule has 1 saturated carbocycles. The third-order valence-electron chi connectivity index (χ3n) is 4.50. The molecule has 0 bridgehead atoms. The molecule has 0 unspecified atom stereocenters. The molecule has 0 aromatic carbocycles. The lowest BCUT2D eigenvalue weighted by Gasteiger charge is -2.19. The van der Waals surface area contributed by atoms with Gasteiger partial charge in [-0.1, -0.05) is 0 Å². The van der Waals surface area contributed by atoms with Gasteiger partial charge in [-0.25, -0.2) is 33.1 Å². The molecule has 0 spiro atoms. The van der Waals surface area contributed by atoms with Gasteiger partial charge in [-0.15, -0.1) is 0 Å². The average molecular weight is 415 g/mol. The molecule has 0 aliphatic heterocycles. The van der Waals surface area contributed by atoms with Gasteiger partial charge in [-0.05, 0) is 39.0 Å². The Labute approximate surface area is 170 Å². The molecule has 0 radical (unpaired) electrons. The number of pyridine rings is 1. The molecule has 1 amide bonds. The zero-order valence-corrected chi connectivity index (χ0v) is 16.5. The summed E-state index contributed by atoms with van der Waals surface area (Å²) in [5.41, 5.74) is 0.862. The van der Waals surface area contributed by atoms with Crippen molar-refractivity contribution in [3.8, 4) is 11.3 Å². The lowest BCUT2D eigenvalue weighted by atomic mass is 10.1. The van der Waals surface area contributed by atoms with Crippen molar-refractivity contribution < 1.29 is 23.1 Å². The van der Waals surface area contributed by atoms with Crippen LogP contribution in [0.1, 0.15) is 27.2 Å². The van der Waals surface area contributed by atoms with E-state index in [0.29, 0.717) is 22.3 Å². The number of rotatable bonds is 3. The van der Waals surface area contributed by atoms with E-state index < -0.39 is 35.9 Å². The highest BCUT2D eigenvalue weighted by Crippen LogP contribution is 2.49. The molecule has 10 heteroatoms. The SMILES string of the molecule is CC(C)(C)OC(=O)n1ccc2c(-c3ccc(NC(=O)[C@@H]4CC4(F)F)nc3)ncnc21. The van der Waals surface area contributed by atoms with Gasteiger partial charge in [0.25, 0.3) is 5.92 Å². The van der Waals surface area contributed by atoms with Crippen molar-refractivity contribution in [3.05, 3.63) is 36.9 Å². The van der Waals surface area contributed by atoms with Crippen LogP contribution in [0.25, 0.3) is 22.3 Å². The number of carbonyl (C=O) groups excluding carboxylic acids is 2. The molecule has 3 heterocycles. The van der Waals surface area contributed by atoms with Crippen LogP contribution in [0.4, 0.5) is 19.4 Å². The fourth-order valence-corrected chi connectivity index (χ4v) is 2.96. The van der Waals surface area contributed by atoms with Crippen LogP contribution in [-0.2, 0) is 9.53 Å². The van der Waals surface area contributed by atoms with Gasteiger partial charge in [0.1, 0.15) is 23.7 Å². The second kappa shape index (κ2) is 6.82. The Morgan fingerprint density at radius 1 is 1.20 bits per heavy atom. The number of halogens is 2. The van der Waals surface area contributed by atoms with Crippen molar-refractivity contribution >= 4 is 28.9 Å². The highest BCUT2D eigenvalue weighted by molar-refractivity contribution is 5.96. The number of aromatic nitrogens is 4. The Kier molecular flexibility index (Phi) is 4.52. The first-order chi connectivity index (χ1) is 14.0. The van der Waals surface area contributed by atoms with Crippen LogP contribution in [0.2, 0.25) is 0 Å². The van der Waals surface area contributed by atoms with E-state index >= 15 is 0 Å². The largest absolute Gasteiger partial charge is 0.443 e. The lowest BCUT2D eigenvalue weighted by Crippen LogP contribution is -2.26. The van der Waals surface area contributed by atoms with Gasteiger partial charge in [-0.3, -0.25) is 4.79 Å². The summed E-state index contributed by atoms with van der Waals surface area (Å²) in [7, 11) is 0. The van der Waals surface area contributed by atoms with Crippen molar-refractivity contribution in [2.45, 2.75) is 38.7 Å². The van der Waals surface area contributed by atoms with Gasteiger partial charge in [0.05, 0.1) is 5.69 Å². The summed E-state index contributed by atoms with van der Waals surface area (Å²) in [6, 6.07) is 4.85. The van der Waals surface area contributed by atoms with Crippen molar-refractivity contribution in [3.63, 3.8) is 0 Å². The van der Waals surface area contributed by atoms with Gasteiger partial charge in [-0.2, -0.15) is 0 Å². The number of nitrogens with one attached hydrogen (secondary N) is 1. The normalized spacial score (nSPS) is 17.6. The van der Waals surface area contributed by atoms with Crippen LogP contribution in [0.5, 0.6) is 0 Å². The van der Waals surface area contributed by atoms with Crippen molar-refractivity contribution in [1.29, 1.82) is 0 Å². The number of hydrogen-bond donors (Lipinski definition) is 1. The molecule has 1 aliphatic carbocycles. The predicted octanol–water partition coefficient (Wildman–Crippen LogP) is 3.87. The molecule has 3 aromatic rings. The number of alkyl halides is 2. The number of carbonyl (C=O) groups is 2. The minimum Gasteiger partial charge on any atom is -0.443 e. The highest BCUT2D eigenvalue weighted by Gasteiger charge is 2.61. The Balaban J connectivity index is 1.58. The maximum absolute atomic E-state index is 13.0. The summed E-state index contributed by atoms with van der Waals surface area (Å²) in [5.74, 6) is -4.81. The minimum absolute atomic E-state index is 0.170. The predicted molar refractivity (Wildman–Crippen MR) is 104 cm³/mol. The minimum atomic E-state index is -2.93. The van der Waals surface area contributed by atoms with E-state index in [-0.39, 0.29) is 5.82 Å². The van der Waals surface area contributed by atoms with Crippen LogP contribution in [-0.4, -0.2) is 43.0 Å². The smallest absolute Gasteiger partial charge is 0.420 e. The standard InChI is InChI=1S/C20H19F2N5O3/c1-19(2,3)30-18(29)27-7-6-12-15(24-10-25-16(12)27)11-4-5-14(23-9-11)26-17(28)13-8-20(13,21)22/h4-7,9-10,13H,8H2,1-3H3,(H,23,26,28)/t13-/m0/s1. The van der Waals surface area contributed by atoms with Gasteiger partial charge < -0.3 is 10.1 Å². The van der Waals surface area contributed by atoms with Crippen LogP contribution in [0, 0.1) is 5.92 Å². The molecular formula is C20H19F2N5O3. The summed E-state index contributed by atoms with van der Waals surface area (Å²) >= 11 is 0. The molecule has 3 aromatic heterocycles. The topological polar surface area (TPSA) is 99.0 Å². The molecule has 8 nitrogen and oxygen atoms in total. The number of ether oxygens (including phenoxy) is 1. The summed E-state index contributed by atoms with van der Waals surface area (Å²) in [5, 5.41) is 3.00. The second-order valence-electron chi connectivity index (χ2n) is 8.06. The third-order valence-corrected chi connectivity index (χ3v) is 4.50. The van der Waals surface area contributed by atoms with Crippen LogP contribution >= 0.6 is 0 Å². The number of hydrogen-bond acceptors (Lipinski definition) is 6. The first kappa shape index (κ1) is 19.9. The van der Waals surface area contributed by atoms with E-state index in [1.54, 1.807) is 39.1 Å². The Bertz CT molecular complexity index is 1140. The van der Waals surface area contributed by atoms with E-state index in [1.165, 1.54) is 23.2 Å². The molecule has 1 fully saturated rings. The average Bonchev–Trinajstić information content (AvgIpc) is 3.10. The van der Waals surface area contributed by atoms with Crippen LogP contribution in [0.15, 0.2) is 36.9 Å². The van der Waals surface area contributed by atoms with Crippen molar-refractivity contribution in [2.75, 3.05) is 5.32 Å². The molecule has 1 atom stereocenters. The quantitative estimate of drug-likeness (QED) is 0.697. The molecule has 156 valence electrons. The fraction of sp³-hybridized carbons (Fsp3) is 0.350. The zero-order chi connectivity index (χ0) is 21.7. The Hall–Kier alpha value is -3.43. The maximum atomic E-state index is 13.0. The number of anilines is 1. The summed E-state index contributed by atoms with van der Waals surface area (Å²) in [6.45, 7) is 5.31. The highest BCUT2D eigenvalue weighted by atomic mass is 19.3. The summed E-state index contributed by atoms with van der Waals surface area (Å²) in [4.78, 5) is 36.8. The molecule has 30 heavy (non-hydrogen) atoms. The number of nitrogens with zero attached hydrogens (tertiary/aromatic N) is 4.